The third-order valence-corrected chi connectivity index (χ3v) is 5.37. The molecule has 1 aliphatic heterocycles. The van der Waals surface area contributed by atoms with Gasteiger partial charge in [0.25, 0.3) is 0 Å². The van der Waals surface area contributed by atoms with E-state index in [9.17, 15) is 9.18 Å². The van der Waals surface area contributed by atoms with Crippen LogP contribution >= 0.6 is 11.3 Å². The summed E-state index contributed by atoms with van der Waals surface area (Å²) in [7, 11) is 0. The van der Waals surface area contributed by atoms with Gasteiger partial charge >= 0.3 is 0 Å². The monoisotopic (exact) mass is 354 g/mol. The highest BCUT2D eigenvalue weighted by Crippen LogP contribution is 2.36. The zero-order valence-corrected chi connectivity index (χ0v) is 14.1. The summed E-state index contributed by atoms with van der Waals surface area (Å²) in [6.07, 6.45) is 5.31. The number of benzene rings is 1. The predicted octanol–water partition coefficient (Wildman–Crippen LogP) is 3.01. The molecule has 0 fully saturated rings. The Kier molecular flexibility index (Phi) is 3.93. The van der Waals surface area contributed by atoms with E-state index < -0.39 is 0 Å². The smallest absolute Gasteiger partial charge is 0.246 e. The maximum absolute atomic E-state index is 13.2. The summed E-state index contributed by atoms with van der Waals surface area (Å²) in [5.41, 5.74) is 7.79. The highest BCUT2D eigenvalue weighted by molar-refractivity contribution is 7.19. The van der Waals surface area contributed by atoms with Gasteiger partial charge in [-0.05, 0) is 35.8 Å². The minimum absolute atomic E-state index is 0.0913. The molecule has 1 aliphatic rings. The second-order valence-electron chi connectivity index (χ2n) is 5.84. The fourth-order valence-corrected chi connectivity index (χ4v) is 4.23. The molecule has 126 valence electrons. The molecule has 2 N–H and O–H groups in total. The van der Waals surface area contributed by atoms with Crippen molar-refractivity contribution in [1.29, 1.82) is 0 Å². The summed E-state index contributed by atoms with van der Waals surface area (Å²) >= 11 is 1.55. The molecule has 0 atom stereocenters. The molecule has 25 heavy (non-hydrogen) atoms. The standard InChI is InChI=1S/C18H15FN4OS/c19-12-3-1-2-11(8-12)4-5-15(24)23-7-6-13-14(9-23)25-18-16(13)17(20)21-10-22-18/h1-5,8,10H,6-7,9H2,(H2,20,21,22)/b5-4+. The van der Waals surface area contributed by atoms with Gasteiger partial charge in [-0.2, -0.15) is 0 Å². The van der Waals surface area contributed by atoms with Gasteiger partial charge in [0.05, 0.1) is 11.9 Å². The van der Waals surface area contributed by atoms with Crippen LogP contribution in [0.2, 0.25) is 0 Å². The Morgan fingerprint density at radius 1 is 1.36 bits per heavy atom. The zero-order chi connectivity index (χ0) is 17.4. The molecule has 3 heterocycles. The van der Waals surface area contributed by atoms with Crippen LogP contribution in [-0.4, -0.2) is 27.3 Å². The first-order valence-corrected chi connectivity index (χ1v) is 8.67. The lowest BCUT2D eigenvalue weighted by atomic mass is 10.0. The molecule has 0 unspecified atom stereocenters. The highest BCUT2D eigenvalue weighted by atomic mass is 32.1. The van der Waals surface area contributed by atoms with Crippen LogP contribution in [0.15, 0.2) is 36.7 Å². The topological polar surface area (TPSA) is 72.1 Å². The van der Waals surface area contributed by atoms with Crippen molar-refractivity contribution in [3.05, 3.63) is 58.5 Å². The van der Waals surface area contributed by atoms with Crippen LogP contribution < -0.4 is 5.73 Å². The van der Waals surface area contributed by atoms with Crippen molar-refractivity contribution in [1.82, 2.24) is 14.9 Å². The number of nitrogens with zero attached hydrogens (tertiary/aromatic N) is 3. The van der Waals surface area contributed by atoms with Crippen LogP contribution in [0.1, 0.15) is 16.0 Å². The van der Waals surface area contributed by atoms with Crippen molar-refractivity contribution in [2.75, 3.05) is 12.3 Å². The number of carbonyl (C=O) groups is 1. The van der Waals surface area contributed by atoms with Crippen LogP contribution in [0.4, 0.5) is 10.2 Å². The maximum Gasteiger partial charge on any atom is 0.246 e. The van der Waals surface area contributed by atoms with Crippen LogP contribution in [0.25, 0.3) is 16.3 Å². The Labute approximate surface area is 147 Å². The van der Waals surface area contributed by atoms with Crippen LogP contribution in [0.5, 0.6) is 0 Å². The number of rotatable bonds is 2. The molecule has 1 aromatic carbocycles. The Balaban J connectivity index is 1.55. The molecule has 3 aromatic rings. The van der Waals surface area contributed by atoms with E-state index in [2.05, 4.69) is 9.97 Å². The molecular weight excluding hydrogens is 339 g/mol. The van der Waals surface area contributed by atoms with Gasteiger partial charge < -0.3 is 10.6 Å². The number of hydrogen-bond donors (Lipinski definition) is 1. The van der Waals surface area contributed by atoms with E-state index >= 15 is 0 Å². The molecule has 2 aromatic heterocycles. The molecule has 0 radical (unpaired) electrons. The molecule has 5 nitrogen and oxygen atoms in total. The summed E-state index contributed by atoms with van der Waals surface area (Å²) < 4.78 is 13.2. The summed E-state index contributed by atoms with van der Waals surface area (Å²) in [6, 6.07) is 6.15. The lowest BCUT2D eigenvalue weighted by molar-refractivity contribution is -0.126. The quantitative estimate of drug-likeness (QED) is 0.718. The Hall–Kier alpha value is -2.80. The molecule has 0 spiro atoms. The molecule has 0 saturated heterocycles. The third-order valence-electron chi connectivity index (χ3n) is 4.24. The molecule has 0 aliphatic carbocycles. The van der Waals surface area contributed by atoms with Crippen molar-refractivity contribution < 1.29 is 9.18 Å². The minimum atomic E-state index is -0.318. The van der Waals surface area contributed by atoms with E-state index in [1.807, 2.05) is 0 Å². The summed E-state index contributed by atoms with van der Waals surface area (Å²) in [5.74, 6) is 0.0842. The van der Waals surface area contributed by atoms with Gasteiger partial charge in [0.15, 0.2) is 0 Å². The molecule has 0 bridgehead atoms. The van der Waals surface area contributed by atoms with Crippen LogP contribution in [-0.2, 0) is 17.8 Å². The van der Waals surface area contributed by atoms with E-state index in [0.29, 0.717) is 24.5 Å². The largest absolute Gasteiger partial charge is 0.383 e. The highest BCUT2D eigenvalue weighted by Gasteiger charge is 2.24. The van der Waals surface area contributed by atoms with Crippen LogP contribution in [0, 0.1) is 5.82 Å². The van der Waals surface area contributed by atoms with Crippen molar-refractivity contribution in [2.24, 2.45) is 0 Å². The molecule has 0 saturated carbocycles. The molecular formula is C18H15FN4OS. The third kappa shape index (κ3) is 2.98. The van der Waals surface area contributed by atoms with E-state index in [1.165, 1.54) is 24.5 Å². The van der Waals surface area contributed by atoms with Crippen molar-refractivity contribution in [2.45, 2.75) is 13.0 Å². The van der Waals surface area contributed by atoms with Gasteiger partial charge in [0.2, 0.25) is 5.91 Å². The lowest BCUT2D eigenvalue weighted by Crippen LogP contribution is -2.34. The van der Waals surface area contributed by atoms with Gasteiger partial charge in [0.1, 0.15) is 22.8 Å². The number of carbonyl (C=O) groups excluding carboxylic acids is 1. The fourth-order valence-electron chi connectivity index (χ4n) is 3.02. The van der Waals surface area contributed by atoms with Gasteiger partial charge in [0, 0.05) is 17.5 Å². The Morgan fingerprint density at radius 3 is 3.08 bits per heavy atom. The number of hydrogen-bond acceptors (Lipinski definition) is 5. The number of nitrogens with two attached hydrogens (primary N) is 1. The predicted molar refractivity (Wildman–Crippen MR) is 96.4 cm³/mol. The summed E-state index contributed by atoms with van der Waals surface area (Å²) in [4.78, 5) is 24.5. The number of nitrogen functional groups attached to an aromatic ring is 1. The average Bonchev–Trinajstić information content (AvgIpc) is 2.98. The van der Waals surface area contributed by atoms with Gasteiger partial charge in [-0.1, -0.05) is 12.1 Å². The first-order chi connectivity index (χ1) is 12.1. The fraction of sp³-hybridized carbons (Fsp3) is 0.167. The van der Waals surface area contributed by atoms with Crippen molar-refractivity contribution in [3.8, 4) is 0 Å². The summed E-state index contributed by atoms with van der Waals surface area (Å²) in [6.45, 7) is 1.14. The van der Waals surface area contributed by atoms with Crippen molar-refractivity contribution >= 4 is 39.4 Å². The molecule has 7 heteroatoms. The number of amides is 1. The normalized spacial score (nSPS) is 14.2. The lowest BCUT2D eigenvalue weighted by Gasteiger charge is -2.26. The van der Waals surface area contributed by atoms with Gasteiger partial charge in [-0.25, -0.2) is 14.4 Å². The number of fused-ring (bicyclic) bond motifs is 3. The first-order valence-electron chi connectivity index (χ1n) is 7.85. The SMILES string of the molecule is Nc1ncnc2sc3c(c12)CCN(C(=O)/C=C/c1cccc(F)c1)C3. The van der Waals surface area contributed by atoms with Gasteiger partial charge in [-0.3, -0.25) is 4.79 Å². The van der Waals surface area contributed by atoms with Crippen molar-refractivity contribution in [3.63, 3.8) is 0 Å². The second-order valence-corrected chi connectivity index (χ2v) is 6.92. The second kappa shape index (κ2) is 6.25. The van der Waals surface area contributed by atoms with E-state index in [4.69, 9.17) is 5.73 Å². The summed E-state index contributed by atoms with van der Waals surface area (Å²) in [5, 5.41) is 0.921. The Morgan fingerprint density at radius 2 is 2.24 bits per heavy atom. The van der Waals surface area contributed by atoms with Crippen LogP contribution in [0.3, 0.4) is 0 Å². The van der Waals surface area contributed by atoms with E-state index in [-0.39, 0.29) is 11.7 Å². The van der Waals surface area contributed by atoms with Gasteiger partial charge in [-0.15, -0.1) is 11.3 Å². The average molecular weight is 354 g/mol. The molecule has 1 amide bonds. The number of halogens is 1. The zero-order valence-electron chi connectivity index (χ0n) is 13.3. The number of aromatic nitrogens is 2. The number of thiophene rings is 1. The maximum atomic E-state index is 13.2. The minimum Gasteiger partial charge on any atom is -0.383 e. The molecule has 4 rings (SSSR count). The Bertz CT molecular complexity index is 998. The first kappa shape index (κ1) is 15.7. The van der Waals surface area contributed by atoms with E-state index in [1.54, 1.807) is 34.4 Å². The number of anilines is 1. The van der Waals surface area contributed by atoms with E-state index in [0.717, 1.165) is 27.1 Å².